The highest BCUT2D eigenvalue weighted by atomic mass is 16.4. The Morgan fingerprint density at radius 3 is 1.72 bits per heavy atom. The average Bonchev–Trinajstić information content (AvgIpc) is 3.20. The molecule has 29 heavy (non-hydrogen) atoms. The number of aliphatic carboxylic acids is 2. The number of hydrogen-bond donors (Lipinski definition) is 2. The molecule has 0 aromatic carbocycles. The van der Waals surface area contributed by atoms with Crippen molar-refractivity contribution in [2.45, 2.75) is 110 Å². The molecule has 0 fully saturated rings. The Morgan fingerprint density at radius 2 is 1.28 bits per heavy atom. The molecule has 2 N–H and O–H groups in total. The fourth-order valence-corrected chi connectivity index (χ4v) is 3.93. The molecule has 5 heteroatoms. The van der Waals surface area contributed by atoms with E-state index in [2.05, 4.69) is 6.92 Å². The van der Waals surface area contributed by atoms with Gasteiger partial charge in [0.25, 0.3) is 0 Å². The van der Waals surface area contributed by atoms with Crippen LogP contribution in [0.2, 0.25) is 0 Å². The Balaban J connectivity index is 2.26. The molecule has 0 saturated heterocycles. The van der Waals surface area contributed by atoms with Crippen molar-refractivity contribution in [3.05, 3.63) is 24.2 Å². The molecule has 0 aliphatic carbocycles. The van der Waals surface area contributed by atoms with Gasteiger partial charge in [-0.1, -0.05) is 84.0 Å². The van der Waals surface area contributed by atoms with Crippen molar-refractivity contribution in [3.8, 4) is 0 Å². The van der Waals surface area contributed by atoms with Gasteiger partial charge in [-0.05, 0) is 37.3 Å². The van der Waals surface area contributed by atoms with Crippen molar-refractivity contribution < 1.29 is 24.2 Å². The van der Waals surface area contributed by atoms with Crippen LogP contribution >= 0.6 is 0 Å². The second-order valence-electron chi connectivity index (χ2n) is 8.32. The fraction of sp³-hybridized carbons (Fsp3) is 0.750. The van der Waals surface area contributed by atoms with Gasteiger partial charge in [0.05, 0.1) is 12.5 Å². The number of furan rings is 1. The predicted octanol–water partition coefficient (Wildman–Crippen LogP) is 6.85. The van der Waals surface area contributed by atoms with E-state index in [9.17, 15) is 19.8 Å². The molecule has 1 rings (SSSR count). The molecule has 1 aromatic rings. The minimum atomic E-state index is -1.63. The highest BCUT2D eigenvalue weighted by molar-refractivity contribution is 5.98. The molecule has 0 aliphatic rings. The van der Waals surface area contributed by atoms with Gasteiger partial charge >= 0.3 is 11.9 Å². The summed E-state index contributed by atoms with van der Waals surface area (Å²) in [7, 11) is 0. The lowest BCUT2D eigenvalue weighted by Crippen LogP contribution is -2.39. The maximum atomic E-state index is 11.8. The number of rotatable bonds is 19. The Bertz CT molecular complexity index is 536. The average molecular weight is 409 g/mol. The van der Waals surface area contributed by atoms with Gasteiger partial charge in [-0.2, -0.15) is 0 Å². The monoisotopic (exact) mass is 408 g/mol. The normalized spacial score (nSPS) is 11.6. The summed E-state index contributed by atoms with van der Waals surface area (Å²) < 4.78 is 5.03. The zero-order valence-corrected chi connectivity index (χ0v) is 18.2. The first-order valence-corrected chi connectivity index (χ1v) is 11.5. The highest BCUT2D eigenvalue weighted by Crippen LogP contribution is 2.33. The summed E-state index contributed by atoms with van der Waals surface area (Å²) in [4.78, 5) is 23.6. The lowest BCUT2D eigenvalue weighted by molar-refractivity contribution is -0.166. The van der Waals surface area contributed by atoms with Crippen molar-refractivity contribution in [1.29, 1.82) is 0 Å². The Labute approximate surface area is 175 Å². The van der Waals surface area contributed by atoms with Crippen LogP contribution < -0.4 is 0 Å². The second kappa shape index (κ2) is 15.1. The lowest BCUT2D eigenvalue weighted by atomic mass is 9.78. The molecule has 0 bridgehead atoms. The van der Waals surface area contributed by atoms with E-state index >= 15 is 0 Å². The second-order valence-corrected chi connectivity index (χ2v) is 8.32. The van der Waals surface area contributed by atoms with Crippen LogP contribution in [-0.2, 0) is 16.0 Å². The van der Waals surface area contributed by atoms with E-state index in [0.29, 0.717) is 12.8 Å². The molecule has 1 aromatic heterocycles. The molecule has 0 saturated carbocycles. The number of aryl methyl sites for hydroxylation is 1. The van der Waals surface area contributed by atoms with E-state index in [-0.39, 0.29) is 12.8 Å². The van der Waals surface area contributed by atoms with Crippen LogP contribution in [0, 0.1) is 5.41 Å². The molecule has 5 nitrogen and oxygen atoms in total. The van der Waals surface area contributed by atoms with Crippen LogP contribution in [0.3, 0.4) is 0 Å². The molecular weight excluding hydrogens is 368 g/mol. The van der Waals surface area contributed by atoms with Crippen LogP contribution in [0.1, 0.15) is 109 Å². The van der Waals surface area contributed by atoms with E-state index in [1.165, 1.54) is 38.5 Å². The zero-order valence-electron chi connectivity index (χ0n) is 18.2. The summed E-state index contributed by atoms with van der Waals surface area (Å²) in [5.41, 5.74) is -0.506. The maximum Gasteiger partial charge on any atom is 0.321 e. The van der Waals surface area contributed by atoms with E-state index in [4.69, 9.17) is 4.42 Å². The standard InChI is InChI=1S/C24H40O5/c1-2-3-4-5-6-7-8-9-10-13-17-24(22(25)26,23(27)28)18-14-11-12-15-21-16-19-29-20-21/h16,19-20H,2-15,17-18H2,1H3,(H,25,26)(H,27,28). The summed E-state index contributed by atoms with van der Waals surface area (Å²) in [6.07, 6.45) is 18.5. The Hall–Kier alpha value is -1.78. The molecule has 0 atom stereocenters. The molecule has 0 radical (unpaired) electrons. The lowest BCUT2D eigenvalue weighted by Gasteiger charge is -2.25. The summed E-state index contributed by atoms with van der Waals surface area (Å²) >= 11 is 0. The van der Waals surface area contributed by atoms with E-state index in [1.54, 1.807) is 12.5 Å². The van der Waals surface area contributed by atoms with E-state index in [0.717, 1.165) is 44.1 Å². The van der Waals surface area contributed by atoms with Crippen LogP contribution in [0.5, 0.6) is 0 Å². The van der Waals surface area contributed by atoms with Gasteiger partial charge in [-0.3, -0.25) is 9.59 Å². The van der Waals surface area contributed by atoms with Gasteiger partial charge in [-0.15, -0.1) is 0 Å². The molecule has 0 unspecified atom stereocenters. The van der Waals surface area contributed by atoms with Crippen molar-refractivity contribution in [2.24, 2.45) is 5.41 Å². The molecule has 0 aliphatic heterocycles. The van der Waals surface area contributed by atoms with Crippen LogP contribution in [0.15, 0.2) is 23.0 Å². The Morgan fingerprint density at radius 1 is 0.793 bits per heavy atom. The third-order valence-electron chi connectivity index (χ3n) is 5.92. The van der Waals surface area contributed by atoms with Crippen molar-refractivity contribution in [1.82, 2.24) is 0 Å². The van der Waals surface area contributed by atoms with Gasteiger partial charge in [0.2, 0.25) is 0 Å². The summed E-state index contributed by atoms with van der Waals surface area (Å²) in [6, 6.07) is 1.92. The van der Waals surface area contributed by atoms with Crippen molar-refractivity contribution >= 4 is 11.9 Å². The van der Waals surface area contributed by atoms with E-state index in [1.807, 2.05) is 6.07 Å². The number of unbranched alkanes of at least 4 members (excludes halogenated alkanes) is 11. The largest absolute Gasteiger partial charge is 0.480 e. The quantitative estimate of drug-likeness (QED) is 0.193. The summed E-state index contributed by atoms with van der Waals surface area (Å²) in [6.45, 7) is 2.22. The van der Waals surface area contributed by atoms with Crippen molar-refractivity contribution in [2.75, 3.05) is 0 Å². The minimum absolute atomic E-state index is 0.209. The maximum absolute atomic E-state index is 11.8. The van der Waals surface area contributed by atoms with Crippen LogP contribution in [0.25, 0.3) is 0 Å². The van der Waals surface area contributed by atoms with Gasteiger partial charge < -0.3 is 14.6 Å². The number of hydrogen-bond acceptors (Lipinski definition) is 3. The highest BCUT2D eigenvalue weighted by Gasteiger charge is 2.45. The topological polar surface area (TPSA) is 87.7 Å². The fourth-order valence-electron chi connectivity index (χ4n) is 3.93. The van der Waals surface area contributed by atoms with Gasteiger partial charge in [-0.25, -0.2) is 0 Å². The third-order valence-corrected chi connectivity index (χ3v) is 5.92. The smallest absolute Gasteiger partial charge is 0.321 e. The first kappa shape index (κ1) is 25.3. The minimum Gasteiger partial charge on any atom is -0.480 e. The molecule has 0 amide bonds. The van der Waals surface area contributed by atoms with Crippen molar-refractivity contribution in [3.63, 3.8) is 0 Å². The molecule has 1 heterocycles. The van der Waals surface area contributed by atoms with E-state index < -0.39 is 17.4 Å². The summed E-state index contributed by atoms with van der Waals surface area (Å²) in [5, 5.41) is 19.3. The summed E-state index contributed by atoms with van der Waals surface area (Å²) in [5.74, 6) is -2.37. The number of carboxylic acid groups (broad SMARTS) is 2. The molecular formula is C24H40O5. The van der Waals surface area contributed by atoms with Crippen LogP contribution in [-0.4, -0.2) is 22.2 Å². The SMILES string of the molecule is CCCCCCCCCCCCC(CCCCCc1ccoc1)(C(=O)O)C(=O)O. The zero-order chi connectivity index (χ0) is 21.4. The first-order valence-electron chi connectivity index (χ1n) is 11.5. The van der Waals surface area contributed by atoms with Gasteiger partial charge in [0.1, 0.15) is 0 Å². The van der Waals surface area contributed by atoms with Gasteiger partial charge in [0.15, 0.2) is 5.41 Å². The van der Waals surface area contributed by atoms with Crippen LogP contribution in [0.4, 0.5) is 0 Å². The Kier molecular flexibility index (Phi) is 13.2. The molecule has 0 spiro atoms. The third kappa shape index (κ3) is 10.00. The number of carbonyl (C=O) groups is 2. The first-order chi connectivity index (χ1) is 14.0. The number of carboxylic acids is 2. The predicted molar refractivity (Wildman–Crippen MR) is 115 cm³/mol. The van der Waals surface area contributed by atoms with Gasteiger partial charge in [0, 0.05) is 0 Å². The molecule has 166 valence electrons.